The third-order valence-corrected chi connectivity index (χ3v) is 9.11. The lowest BCUT2D eigenvalue weighted by atomic mass is 9.78. The fourth-order valence-electron chi connectivity index (χ4n) is 7.06. The largest absolute Gasteiger partial charge is 0.465 e. The lowest BCUT2D eigenvalue weighted by Crippen LogP contribution is -2.57. The van der Waals surface area contributed by atoms with Crippen LogP contribution in [0.15, 0.2) is 54.6 Å². The number of hydrogen-bond acceptors (Lipinski definition) is 8. The molecule has 10 nitrogen and oxygen atoms in total. The minimum absolute atomic E-state index is 0.241. The maximum Gasteiger partial charge on any atom is 0.312 e. The average molecular weight is 566 g/mol. The third-order valence-electron chi connectivity index (χ3n) is 9.11. The summed E-state index contributed by atoms with van der Waals surface area (Å²) in [5.74, 6) is -2.94. The highest BCUT2D eigenvalue weighted by molar-refractivity contribution is 5.99. The highest BCUT2D eigenvalue weighted by Gasteiger charge is 2.72. The van der Waals surface area contributed by atoms with Gasteiger partial charge in [0.05, 0.1) is 44.5 Å². The molecule has 41 heavy (non-hydrogen) atoms. The van der Waals surface area contributed by atoms with Crippen LogP contribution in [-0.4, -0.2) is 114 Å². The molecule has 6 atom stereocenters. The Morgan fingerprint density at radius 2 is 1.78 bits per heavy atom. The standard InChI is InChI=1S/C31H39N3O7/c35-21-23(22-9-4-3-5-10-22)34-27-29(37)33(15-14-32-16-19-39-20-17-32)13-8-12-31(27)26(28(34)36)25-24(41-31)11-6-1-2-7-18-40-30(25)38/h3-6,8-12,23-27,35H,1-2,7,13-21H2/b11-6-/t23-,24+,25-,26+,27?,31+/m1/s1. The Morgan fingerprint density at radius 1 is 0.976 bits per heavy atom. The van der Waals surface area contributed by atoms with Gasteiger partial charge in [-0.25, -0.2) is 0 Å². The molecule has 5 heterocycles. The maximum absolute atomic E-state index is 14.5. The van der Waals surface area contributed by atoms with E-state index in [0.717, 1.165) is 32.4 Å². The van der Waals surface area contributed by atoms with Crippen LogP contribution in [0.5, 0.6) is 0 Å². The van der Waals surface area contributed by atoms with Gasteiger partial charge >= 0.3 is 5.97 Å². The van der Waals surface area contributed by atoms with Crippen molar-refractivity contribution in [2.75, 3.05) is 59.2 Å². The first-order valence-corrected chi connectivity index (χ1v) is 14.8. The molecule has 0 aliphatic carbocycles. The Balaban J connectivity index is 1.40. The van der Waals surface area contributed by atoms with E-state index in [2.05, 4.69) is 4.90 Å². The number of morpholine rings is 1. The summed E-state index contributed by atoms with van der Waals surface area (Å²) in [6.07, 6.45) is 9.34. The van der Waals surface area contributed by atoms with Crippen molar-refractivity contribution in [1.29, 1.82) is 0 Å². The first-order chi connectivity index (χ1) is 20.0. The van der Waals surface area contributed by atoms with E-state index in [0.29, 0.717) is 38.4 Å². The Bertz CT molecular complexity index is 1180. The van der Waals surface area contributed by atoms with Gasteiger partial charge in [-0.15, -0.1) is 0 Å². The van der Waals surface area contributed by atoms with E-state index in [1.165, 1.54) is 4.90 Å². The predicted octanol–water partition coefficient (Wildman–Crippen LogP) is 1.31. The summed E-state index contributed by atoms with van der Waals surface area (Å²) >= 11 is 0. The van der Waals surface area contributed by atoms with Crippen molar-refractivity contribution in [3.63, 3.8) is 0 Å². The molecule has 220 valence electrons. The number of benzene rings is 1. The maximum atomic E-state index is 14.5. The lowest BCUT2D eigenvalue weighted by Gasteiger charge is -2.39. The molecule has 10 heteroatoms. The molecule has 0 saturated carbocycles. The molecule has 1 N–H and O–H groups in total. The number of hydrogen-bond donors (Lipinski definition) is 1. The average Bonchev–Trinajstić information content (AvgIpc) is 3.39. The smallest absolute Gasteiger partial charge is 0.312 e. The van der Waals surface area contributed by atoms with Gasteiger partial charge in [-0.3, -0.25) is 19.3 Å². The number of carbonyl (C=O) groups excluding carboxylic acids is 3. The molecule has 5 aliphatic heterocycles. The number of ether oxygens (including phenoxy) is 3. The number of likely N-dealkylation sites (tertiary alicyclic amines) is 1. The molecule has 3 saturated heterocycles. The second-order valence-electron chi connectivity index (χ2n) is 11.4. The number of aliphatic hydroxyl groups excluding tert-OH is 1. The van der Waals surface area contributed by atoms with Gasteiger partial charge in [0, 0.05) is 32.7 Å². The number of amides is 2. The highest BCUT2D eigenvalue weighted by atomic mass is 16.6. The molecular weight excluding hydrogens is 526 g/mol. The Kier molecular flexibility index (Phi) is 8.26. The van der Waals surface area contributed by atoms with Crippen molar-refractivity contribution in [3.8, 4) is 0 Å². The number of cyclic esters (lactones) is 1. The van der Waals surface area contributed by atoms with Crippen molar-refractivity contribution in [1.82, 2.24) is 14.7 Å². The summed E-state index contributed by atoms with van der Waals surface area (Å²) in [6.45, 7) is 4.37. The SMILES string of the molecule is O=C1OCCCC/C=C\[C@@H]2O[C@]34C=CCN(CCN5CCOCC5)C(=O)C3N([C@H](CO)c3ccccc3)C(=O)[C@@H]4[C@H]12. The second kappa shape index (κ2) is 12.1. The first kappa shape index (κ1) is 28.1. The van der Waals surface area contributed by atoms with Crippen LogP contribution in [0.3, 0.4) is 0 Å². The van der Waals surface area contributed by atoms with Gasteiger partial charge in [-0.2, -0.15) is 0 Å². The van der Waals surface area contributed by atoms with Crippen LogP contribution >= 0.6 is 0 Å². The number of rotatable bonds is 6. The van der Waals surface area contributed by atoms with Crippen molar-refractivity contribution in [2.24, 2.45) is 11.8 Å². The summed E-state index contributed by atoms with van der Waals surface area (Å²) in [5, 5.41) is 10.6. The third kappa shape index (κ3) is 5.11. The van der Waals surface area contributed by atoms with E-state index in [-0.39, 0.29) is 25.0 Å². The predicted molar refractivity (Wildman–Crippen MR) is 148 cm³/mol. The monoisotopic (exact) mass is 565 g/mol. The number of nitrogens with zero attached hydrogens (tertiary/aromatic N) is 3. The van der Waals surface area contributed by atoms with Crippen LogP contribution in [-0.2, 0) is 28.6 Å². The Morgan fingerprint density at radius 3 is 2.56 bits per heavy atom. The molecule has 0 aromatic heterocycles. The lowest BCUT2D eigenvalue weighted by molar-refractivity contribution is -0.156. The van der Waals surface area contributed by atoms with Crippen molar-refractivity contribution < 1.29 is 33.7 Å². The van der Waals surface area contributed by atoms with E-state index in [9.17, 15) is 19.5 Å². The molecule has 3 fully saturated rings. The van der Waals surface area contributed by atoms with Gasteiger partial charge in [0.25, 0.3) is 0 Å². The minimum Gasteiger partial charge on any atom is -0.465 e. The summed E-state index contributed by atoms with van der Waals surface area (Å²) < 4.78 is 17.8. The van der Waals surface area contributed by atoms with Crippen LogP contribution in [0.25, 0.3) is 0 Å². The molecular formula is C31H39N3O7. The summed E-state index contributed by atoms with van der Waals surface area (Å²) in [7, 11) is 0. The normalized spacial score (nSPS) is 33.9. The van der Waals surface area contributed by atoms with E-state index >= 15 is 0 Å². The number of allylic oxidation sites excluding steroid dienone is 1. The van der Waals surface area contributed by atoms with Gasteiger partial charge < -0.3 is 29.1 Å². The highest BCUT2D eigenvalue weighted by Crippen LogP contribution is 2.54. The van der Waals surface area contributed by atoms with Gasteiger partial charge in [0.2, 0.25) is 11.8 Å². The van der Waals surface area contributed by atoms with Crippen LogP contribution in [0.2, 0.25) is 0 Å². The molecule has 0 bridgehead atoms. The number of aliphatic hydroxyl groups is 1. The van der Waals surface area contributed by atoms with Crippen LogP contribution < -0.4 is 0 Å². The Labute approximate surface area is 240 Å². The van der Waals surface area contributed by atoms with Crippen LogP contribution in [0, 0.1) is 11.8 Å². The zero-order valence-corrected chi connectivity index (χ0v) is 23.3. The molecule has 6 rings (SSSR count). The topological polar surface area (TPSA) is 109 Å². The van der Waals surface area contributed by atoms with E-state index in [1.54, 1.807) is 4.90 Å². The molecule has 1 spiro atoms. The molecule has 5 aliphatic rings. The molecule has 2 amide bonds. The first-order valence-electron chi connectivity index (χ1n) is 14.8. The second-order valence-corrected chi connectivity index (χ2v) is 11.4. The minimum atomic E-state index is -1.36. The quantitative estimate of drug-likeness (QED) is 0.407. The fourth-order valence-corrected chi connectivity index (χ4v) is 7.06. The zero-order chi connectivity index (χ0) is 28.4. The molecule has 1 aromatic carbocycles. The van der Waals surface area contributed by atoms with Gasteiger partial charge in [0.1, 0.15) is 17.6 Å². The van der Waals surface area contributed by atoms with Gasteiger partial charge in [-0.1, -0.05) is 54.6 Å². The van der Waals surface area contributed by atoms with Crippen LogP contribution in [0.1, 0.15) is 30.9 Å². The fraction of sp³-hybridized carbons (Fsp3) is 0.581. The molecule has 0 radical (unpaired) electrons. The van der Waals surface area contributed by atoms with E-state index < -0.39 is 41.6 Å². The molecule has 1 aromatic rings. The number of carbonyl (C=O) groups is 3. The van der Waals surface area contributed by atoms with Gasteiger partial charge in [0.15, 0.2) is 0 Å². The van der Waals surface area contributed by atoms with Crippen molar-refractivity contribution >= 4 is 17.8 Å². The summed E-state index contributed by atoms with van der Waals surface area (Å²) in [6, 6.07) is 7.41. The Hall–Kier alpha value is -3.05. The number of esters is 1. The van der Waals surface area contributed by atoms with E-state index in [4.69, 9.17) is 14.2 Å². The zero-order valence-electron chi connectivity index (χ0n) is 23.3. The van der Waals surface area contributed by atoms with E-state index in [1.807, 2.05) is 54.6 Å². The van der Waals surface area contributed by atoms with Crippen molar-refractivity contribution in [3.05, 3.63) is 60.2 Å². The molecule has 1 unspecified atom stereocenters. The summed E-state index contributed by atoms with van der Waals surface area (Å²) in [4.78, 5) is 48.1. The van der Waals surface area contributed by atoms with Crippen molar-refractivity contribution in [2.45, 2.75) is 43.1 Å². The van der Waals surface area contributed by atoms with Gasteiger partial charge in [-0.05, 0) is 24.8 Å². The number of fused-ring (bicyclic) bond motifs is 2. The van der Waals surface area contributed by atoms with Crippen LogP contribution in [0.4, 0.5) is 0 Å². The summed E-state index contributed by atoms with van der Waals surface area (Å²) in [5.41, 5.74) is -0.652.